The van der Waals surface area contributed by atoms with Gasteiger partial charge in [0.15, 0.2) is 5.69 Å². The molecule has 0 saturated heterocycles. The smallest absolute Gasteiger partial charge is 0.398 e. The highest BCUT2D eigenvalue weighted by molar-refractivity contribution is 5.33. The maximum Gasteiger partial charge on any atom is 0.435 e. The summed E-state index contributed by atoms with van der Waals surface area (Å²) in [5.41, 5.74) is 4.72. The minimum atomic E-state index is -4.46. The average molecular weight is 272 g/mol. The summed E-state index contributed by atoms with van der Waals surface area (Å²) < 4.78 is 39.5. The zero-order valence-electron chi connectivity index (χ0n) is 9.76. The van der Waals surface area contributed by atoms with Gasteiger partial charge < -0.3 is 10.3 Å². The fourth-order valence-corrected chi connectivity index (χ4v) is 1.57. The third kappa shape index (κ3) is 3.15. The number of rotatable bonds is 3. The minimum absolute atomic E-state index is 0.152. The first kappa shape index (κ1) is 13.2. The second-order valence-electron chi connectivity index (χ2n) is 3.96. The van der Waals surface area contributed by atoms with Crippen LogP contribution in [0.5, 0.6) is 0 Å². The highest BCUT2D eigenvalue weighted by Gasteiger charge is 2.33. The van der Waals surface area contributed by atoms with E-state index in [-0.39, 0.29) is 18.6 Å². The lowest BCUT2D eigenvalue weighted by molar-refractivity contribution is -0.141. The molecule has 0 saturated carbocycles. The number of nitrogens with zero attached hydrogens (tertiary/aromatic N) is 3. The maximum atomic E-state index is 12.3. The van der Waals surface area contributed by atoms with Gasteiger partial charge in [0, 0.05) is 30.7 Å². The highest BCUT2D eigenvalue weighted by atomic mass is 19.4. The fraction of sp³-hybridized carbons (Fsp3) is 0.273. The van der Waals surface area contributed by atoms with Crippen molar-refractivity contribution in [1.82, 2.24) is 14.3 Å². The number of alkyl halides is 3. The largest absolute Gasteiger partial charge is 0.435 e. The van der Waals surface area contributed by atoms with Gasteiger partial charge in [-0.25, -0.2) is 0 Å². The first-order valence-electron chi connectivity index (χ1n) is 5.43. The Morgan fingerprint density at radius 2 is 1.95 bits per heavy atom. The SMILES string of the molecule is Nc1ccc(=O)n(CCn2ccc(C(F)(F)F)n2)c1. The van der Waals surface area contributed by atoms with E-state index < -0.39 is 11.9 Å². The molecule has 0 atom stereocenters. The molecular weight excluding hydrogens is 261 g/mol. The number of aryl methyl sites for hydroxylation is 2. The van der Waals surface area contributed by atoms with Crippen LogP contribution >= 0.6 is 0 Å². The Balaban J connectivity index is 2.09. The van der Waals surface area contributed by atoms with Crippen molar-refractivity contribution >= 4 is 5.69 Å². The van der Waals surface area contributed by atoms with E-state index in [4.69, 9.17) is 5.73 Å². The zero-order chi connectivity index (χ0) is 14.0. The molecule has 2 aromatic rings. The molecule has 19 heavy (non-hydrogen) atoms. The van der Waals surface area contributed by atoms with E-state index in [0.29, 0.717) is 5.69 Å². The van der Waals surface area contributed by atoms with E-state index in [2.05, 4.69) is 5.10 Å². The van der Waals surface area contributed by atoms with Crippen LogP contribution < -0.4 is 11.3 Å². The molecule has 0 fully saturated rings. The molecule has 0 amide bonds. The third-order valence-electron chi connectivity index (χ3n) is 2.51. The normalized spacial score (nSPS) is 11.7. The van der Waals surface area contributed by atoms with Crippen LogP contribution in [0.2, 0.25) is 0 Å². The van der Waals surface area contributed by atoms with Gasteiger partial charge in [0.05, 0.1) is 6.54 Å². The van der Waals surface area contributed by atoms with Gasteiger partial charge in [0.1, 0.15) is 0 Å². The van der Waals surface area contributed by atoms with Gasteiger partial charge in [-0.1, -0.05) is 0 Å². The van der Waals surface area contributed by atoms with Gasteiger partial charge in [0.2, 0.25) is 0 Å². The van der Waals surface area contributed by atoms with Gasteiger partial charge in [-0.05, 0) is 12.1 Å². The number of pyridine rings is 1. The first-order chi connectivity index (χ1) is 8.86. The Morgan fingerprint density at radius 3 is 2.58 bits per heavy atom. The predicted octanol–water partition coefficient (Wildman–Crippen LogP) is 1.35. The summed E-state index contributed by atoms with van der Waals surface area (Å²) in [4.78, 5) is 11.5. The van der Waals surface area contributed by atoms with Crippen LogP contribution in [0.15, 0.2) is 35.4 Å². The minimum Gasteiger partial charge on any atom is -0.398 e. The summed E-state index contributed by atoms with van der Waals surface area (Å²) in [6.07, 6.45) is -1.80. The molecule has 0 aliphatic rings. The van der Waals surface area contributed by atoms with Crippen molar-refractivity contribution in [2.75, 3.05) is 5.73 Å². The second-order valence-corrected chi connectivity index (χ2v) is 3.96. The van der Waals surface area contributed by atoms with Crippen LogP contribution in [-0.4, -0.2) is 14.3 Å². The topological polar surface area (TPSA) is 65.8 Å². The van der Waals surface area contributed by atoms with Crippen molar-refractivity contribution in [1.29, 1.82) is 0 Å². The van der Waals surface area contributed by atoms with Crippen LogP contribution in [0.3, 0.4) is 0 Å². The molecule has 102 valence electrons. The number of anilines is 1. The number of hydrogen-bond donors (Lipinski definition) is 1. The van der Waals surface area contributed by atoms with Crippen molar-refractivity contribution in [2.45, 2.75) is 19.3 Å². The number of hydrogen-bond acceptors (Lipinski definition) is 3. The van der Waals surface area contributed by atoms with Crippen LogP contribution in [0.25, 0.3) is 0 Å². The van der Waals surface area contributed by atoms with Gasteiger partial charge in [0.25, 0.3) is 5.56 Å². The van der Waals surface area contributed by atoms with E-state index in [1.807, 2.05) is 0 Å². The Bertz CT molecular complexity index is 629. The van der Waals surface area contributed by atoms with Crippen molar-refractivity contribution in [2.24, 2.45) is 0 Å². The lowest BCUT2D eigenvalue weighted by atomic mass is 10.4. The summed E-state index contributed by atoms with van der Waals surface area (Å²) in [6, 6.07) is 3.66. The first-order valence-corrected chi connectivity index (χ1v) is 5.43. The van der Waals surface area contributed by atoms with Crippen molar-refractivity contribution in [3.05, 3.63) is 46.6 Å². The van der Waals surface area contributed by atoms with E-state index in [1.165, 1.54) is 29.1 Å². The quantitative estimate of drug-likeness (QED) is 0.917. The zero-order valence-corrected chi connectivity index (χ0v) is 9.76. The van der Waals surface area contributed by atoms with Crippen LogP contribution in [0.1, 0.15) is 5.69 Å². The third-order valence-corrected chi connectivity index (χ3v) is 2.51. The molecule has 0 unspecified atom stereocenters. The van der Waals surface area contributed by atoms with Gasteiger partial charge in [-0.2, -0.15) is 18.3 Å². The van der Waals surface area contributed by atoms with Crippen LogP contribution in [0, 0.1) is 0 Å². The standard InChI is InChI=1S/C11H11F3N4O/c12-11(13,14)9-3-4-18(16-9)6-5-17-7-8(15)1-2-10(17)19/h1-4,7H,5-6,15H2. The summed E-state index contributed by atoms with van der Waals surface area (Å²) in [7, 11) is 0. The Labute approximate surface area is 106 Å². The van der Waals surface area contributed by atoms with E-state index in [1.54, 1.807) is 0 Å². The summed E-state index contributed by atoms with van der Waals surface area (Å²) >= 11 is 0. The summed E-state index contributed by atoms with van der Waals surface area (Å²) in [6.45, 7) is 0.349. The van der Waals surface area contributed by atoms with Gasteiger partial charge in [-0.15, -0.1) is 0 Å². The molecule has 0 bridgehead atoms. The molecule has 0 aromatic carbocycles. The van der Waals surface area contributed by atoms with Crippen molar-refractivity contribution < 1.29 is 13.2 Å². The maximum absolute atomic E-state index is 12.3. The lowest BCUT2D eigenvalue weighted by Gasteiger charge is -2.06. The van der Waals surface area contributed by atoms with Crippen molar-refractivity contribution in [3.8, 4) is 0 Å². The molecule has 2 aromatic heterocycles. The van der Waals surface area contributed by atoms with Gasteiger partial charge in [-0.3, -0.25) is 9.48 Å². The van der Waals surface area contributed by atoms with E-state index >= 15 is 0 Å². The molecule has 2 heterocycles. The van der Waals surface area contributed by atoms with E-state index in [0.717, 1.165) is 10.7 Å². The second kappa shape index (κ2) is 4.79. The molecule has 0 aliphatic heterocycles. The molecule has 5 nitrogen and oxygen atoms in total. The molecule has 2 rings (SSSR count). The Hall–Kier alpha value is -2.25. The molecular formula is C11H11F3N4O. The fourth-order valence-electron chi connectivity index (χ4n) is 1.57. The van der Waals surface area contributed by atoms with Crippen molar-refractivity contribution in [3.63, 3.8) is 0 Å². The lowest BCUT2D eigenvalue weighted by Crippen LogP contribution is -2.21. The number of aromatic nitrogens is 3. The summed E-state index contributed by atoms with van der Waals surface area (Å²) in [5.74, 6) is 0. The Kier molecular flexibility index (Phi) is 3.32. The van der Waals surface area contributed by atoms with Crippen LogP contribution in [0.4, 0.5) is 18.9 Å². The molecule has 0 spiro atoms. The average Bonchev–Trinajstić information content (AvgIpc) is 2.79. The molecule has 0 radical (unpaired) electrons. The Morgan fingerprint density at radius 1 is 1.21 bits per heavy atom. The number of nitrogens with two attached hydrogens (primary N) is 1. The monoisotopic (exact) mass is 272 g/mol. The number of halogens is 3. The van der Waals surface area contributed by atoms with E-state index in [9.17, 15) is 18.0 Å². The predicted molar refractivity (Wildman–Crippen MR) is 62.3 cm³/mol. The highest BCUT2D eigenvalue weighted by Crippen LogP contribution is 2.27. The molecule has 2 N–H and O–H groups in total. The van der Waals surface area contributed by atoms with Crippen LogP contribution in [-0.2, 0) is 19.3 Å². The number of nitrogen functional groups attached to an aromatic ring is 1. The summed E-state index contributed by atoms with van der Waals surface area (Å²) in [5, 5.41) is 3.39. The molecule has 0 aliphatic carbocycles. The van der Waals surface area contributed by atoms with Gasteiger partial charge >= 0.3 is 6.18 Å². The molecule has 8 heteroatoms.